The highest BCUT2D eigenvalue weighted by atomic mass is 15.0. The molecule has 0 saturated heterocycles. The number of rotatable bonds is 3. The Bertz CT molecular complexity index is 2240. The smallest absolute Gasteiger partial charge is 0.0991 e. The van der Waals surface area contributed by atoms with Gasteiger partial charge in [-0.2, -0.15) is 5.26 Å². The third-order valence-corrected chi connectivity index (χ3v) is 7.92. The molecule has 0 bridgehead atoms. The van der Waals surface area contributed by atoms with Crippen molar-refractivity contribution in [3.05, 3.63) is 145 Å². The van der Waals surface area contributed by atoms with Crippen LogP contribution in [0, 0.1) is 11.3 Å². The van der Waals surface area contributed by atoms with Crippen molar-refractivity contribution in [1.29, 1.82) is 5.26 Å². The molecule has 2 aromatic heterocycles. The second-order valence-corrected chi connectivity index (χ2v) is 10.2. The fraction of sp³-hybridized carbons (Fsp3) is 0. The van der Waals surface area contributed by atoms with Gasteiger partial charge in [-0.05, 0) is 71.8 Å². The standard InChI is InChI=1S/C37H23N3/c38-24-25-9-7-10-26(21-25)27-11-8-12-28(22-27)39-36-18-6-3-15-32(36)33-23-29(19-20-37(33)39)40-34-16-4-1-13-30(34)31-14-2-5-17-35(31)40/h1-23H. The number of fused-ring (bicyclic) bond motifs is 6. The molecule has 0 aliphatic rings. The summed E-state index contributed by atoms with van der Waals surface area (Å²) in [6.07, 6.45) is 0. The average molecular weight is 510 g/mol. The van der Waals surface area contributed by atoms with Crippen molar-refractivity contribution in [3.63, 3.8) is 0 Å². The molecule has 0 saturated carbocycles. The molecule has 3 nitrogen and oxygen atoms in total. The monoisotopic (exact) mass is 509 g/mol. The van der Waals surface area contributed by atoms with Crippen molar-refractivity contribution in [1.82, 2.24) is 9.13 Å². The van der Waals surface area contributed by atoms with E-state index in [9.17, 15) is 5.26 Å². The summed E-state index contributed by atoms with van der Waals surface area (Å²) in [7, 11) is 0. The highest BCUT2D eigenvalue weighted by Gasteiger charge is 2.16. The number of hydrogen-bond acceptors (Lipinski definition) is 1. The van der Waals surface area contributed by atoms with Crippen molar-refractivity contribution < 1.29 is 0 Å². The first-order chi connectivity index (χ1) is 19.8. The van der Waals surface area contributed by atoms with Crippen LogP contribution >= 0.6 is 0 Å². The topological polar surface area (TPSA) is 33.6 Å². The van der Waals surface area contributed by atoms with Crippen molar-refractivity contribution in [2.24, 2.45) is 0 Å². The molecule has 0 N–H and O–H groups in total. The van der Waals surface area contributed by atoms with Crippen LogP contribution in [0.4, 0.5) is 0 Å². The summed E-state index contributed by atoms with van der Waals surface area (Å²) in [5.41, 5.74) is 9.77. The van der Waals surface area contributed by atoms with Crippen LogP contribution in [0.15, 0.2) is 140 Å². The first-order valence-electron chi connectivity index (χ1n) is 13.4. The Morgan fingerprint density at radius 3 is 1.52 bits per heavy atom. The van der Waals surface area contributed by atoms with Crippen molar-refractivity contribution in [3.8, 4) is 28.6 Å². The number of benzene rings is 6. The molecule has 0 fully saturated rings. The largest absolute Gasteiger partial charge is 0.309 e. The minimum absolute atomic E-state index is 0.664. The van der Waals surface area contributed by atoms with Gasteiger partial charge < -0.3 is 9.13 Å². The number of nitrogens with zero attached hydrogens (tertiary/aromatic N) is 3. The summed E-state index contributed by atoms with van der Waals surface area (Å²) >= 11 is 0. The second kappa shape index (κ2) is 8.73. The van der Waals surface area contributed by atoms with Gasteiger partial charge in [-0.3, -0.25) is 0 Å². The Hall–Kier alpha value is -5.59. The summed E-state index contributed by atoms with van der Waals surface area (Å²) in [5.74, 6) is 0. The molecule has 0 aliphatic heterocycles. The fourth-order valence-electron chi connectivity index (χ4n) is 6.17. The van der Waals surface area contributed by atoms with Crippen LogP contribution in [0.2, 0.25) is 0 Å². The van der Waals surface area contributed by atoms with Crippen LogP contribution < -0.4 is 0 Å². The maximum atomic E-state index is 9.40. The Labute approximate surface area is 231 Å². The van der Waals surface area contributed by atoms with Gasteiger partial charge in [0.05, 0.1) is 33.7 Å². The maximum Gasteiger partial charge on any atom is 0.0991 e. The van der Waals surface area contributed by atoms with Crippen LogP contribution in [0.1, 0.15) is 5.56 Å². The molecule has 0 atom stereocenters. The van der Waals surface area contributed by atoms with Crippen LogP contribution in [0.3, 0.4) is 0 Å². The van der Waals surface area contributed by atoms with Gasteiger partial charge in [0.1, 0.15) is 0 Å². The van der Waals surface area contributed by atoms with E-state index in [-0.39, 0.29) is 0 Å². The van der Waals surface area contributed by atoms with E-state index in [0.717, 1.165) is 28.0 Å². The lowest BCUT2D eigenvalue weighted by Gasteiger charge is -2.12. The summed E-state index contributed by atoms with van der Waals surface area (Å²) in [6.45, 7) is 0. The van der Waals surface area contributed by atoms with E-state index in [1.54, 1.807) is 0 Å². The molecule has 2 heterocycles. The SMILES string of the molecule is N#Cc1cccc(-c2cccc(-n3c4ccccc4c4cc(-n5c6ccccc6c6ccccc65)ccc43)c2)c1. The molecule has 0 unspecified atom stereocenters. The number of nitriles is 1. The van der Waals surface area contributed by atoms with Crippen molar-refractivity contribution >= 4 is 43.6 Å². The molecule has 8 rings (SSSR count). The summed E-state index contributed by atoms with van der Waals surface area (Å²) in [4.78, 5) is 0. The predicted octanol–water partition coefficient (Wildman–Crippen LogP) is 9.42. The van der Waals surface area contributed by atoms with Gasteiger partial charge in [0.25, 0.3) is 0 Å². The molecular formula is C37H23N3. The molecule has 3 heteroatoms. The lowest BCUT2D eigenvalue weighted by Crippen LogP contribution is -1.96. The van der Waals surface area contributed by atoms with E-state index in [1.807, 2.05) is 18.2 Å². The Morgan fingerprint density at radius 1 is 0.400 bits per heavy atom. The number of para-hydroxylation sites is 3. The molecule has 0 amide bonds. The minimum Gasteiger partial charge on any atom is -0.309 e. The molecular weight excluding hydrogens is 486 g/mol. The van der Waals surface area contributed by atoms with Gasteiger partial charge in [-0.25, -0.2) is 0 Å². The quantitative estimate of drug-likeness (QED) is 0.233. The van der Waals surface area contributed by atoms with Crippen molar-refractivity contribution in [2.45, 2.75) is 0 Å². The van der Waals surface area contributed by atoms with E-state index < -0.39 is 0 Å². The van der Waals surface area contributed by atoms with Gasteiger partial charge >= 0.3 is 0 Å². The minimum atomic E-state index is 0.664. The lowest BCUT2D eigenvalue weighted by atomic mass is 10.0. The Morgan fingerprint density at radius 2 is 0.900 bits per heavy atom. The molecule has 0 radical (unpaired) electrons. The van der Waals surface area contributed by atoms with E-state index >= 15 is 0 Å². The van der Waals surface area contributed by atoms with Crippen LogP contribution in [-0.2, 0) is 0 Å². The molecule has 6 aromatic carbocycles. The van der Waals surface area contributed by atoms with E-state index in [4.69, 9.17) is 0 Å². The van der Waals surface area contributed by atoms with Gasteiger partial charge in [0, 0.05) is 32.9 Å². The zero-order valence-corrected chi connectivity index (χ0v) is 21.6. The third-order valence-electron chi connectivity index (χ3n) is 7.92. The first kappa shape index (κ1) is 22.4. The number of hydrogen-bond donors (Lipinski definition) is 0. The van der Waals surface area contributed by atoms with Crippen LogP contribution in [-0.4, -0.2) is 9.13 Å². The lowest BCUT2D eigenvalue weighted by molar-refractivity contribution is 1.17. The van der Waals surface area contributed by atoms with Crippen molar-refractivity contribution in [2.75, 3.05) is 0 Å². The van der Waals surface area contributed by atoms with Crippen LogP contribution in [0.5, 0.6) is 0 Å². The third kappa shape index (κ3) is 3.30. The fourth-order valence-corrected chi connectivity index (χ4v) is 6.17. The first-order valence-corrected chi connectivity index (χ1v) is 13.4. The van der Waals surface area contributed by atoms with E-state index in [2.05, 4.69) is 137 Å². The average Bonchev–Trinajstić information content (AvgIpc) is 3.54. The zero-order valence-electron chi connectivity index (χ0n) is 21.6. The second-order valence-electron chi connectivity index (χ2n) is 10.2. The van der Waals surface area contributed by atoms with Gasteiger partial charge in [0.2, 0.25) is 0 Å². The molecule has 40 heavy (non-hydrogen) atoms. The van der Waals surface area contributed by atoms with E-state index in [0.29, 0.717) is 5.56 Å². The number of aromatic nitrogens is 2. The Kier molecular flexibility index (Phi) is 4.89. The summed E-state index contributed by atoms with van der Waals surface area (Å²) in [6, 6.07) is 51.3. The maximum absolute atomic E-state index is 9.40. The highest BCUT2D eigenvalue weighted by molar-refractivity contribution is 6.12. The highest BCUT2D eigenvalue weighted by Crippen LogP contribution is 2.37. The molecule has 186 valence electrons. The van der Waals surface area contributed by atoms with Gasteiger partial charge in [0.15, 0.2) is 0 Å². The molecule has 0 spiro atoms. The zero-order chi connectivity index (χ0) is 26.6. The van der Waals surface area contributed by atoms with E-state index in [1.165, 1.54) is 38.1 Å². The summed E-state index contributed by atoms with van der Waals surface area (Å²) < 4.78 is 4.72. The van der Waals surface area contributed by atoms with Gasteiger partial charge in [-0.15, -0.1) is 0 Å². The molecule has 0 aliphatic carbocycles. The van der Waals surface area contributed by atoms with Crippen LogP contribution in [0.25, 0.3) is 66.1 Å². The molecule has 8 aromatic rings. The summed E-state index contributed by atoms with van der Waals surface area (Å²) in [5, 5.41) is 14.4. The predicted molar refractivity (Wildman–Crippen MR) is 165 cm³/mol. The van der Waals surface area contributed by atoms with Gasteiger partial charge in [-0.1, -0.05) is 78.9 Å². The normalized spacial score (nSPS) is 11.5. The Balaban J connectivity index is 1.37.